The predicted molar refractivity (Wildman–Crippen MR) is 64.1 cm³/mol. The molecule has 0 radical (unpaired) electrons. The summed E-state index contributed by atoms with van der Waals surface area (Å²) in [5.74, 6) is -0.243. The molecule has 0 amide bonds. The number of para-hydroxylation sites is 1. The quantitative estimate of drug-likeness (QED) is 0.774. The number of carboxylic acid groups (broad SMARTS) is 1. The summed E-state index contributed by atoms with van der Waals surface area (Å²) in [7, 11) is 0. The summed E-state index contributed by atoms with van der Waals surface area (Å²) in [6.45, 7) is 4.45. The Balaban J connectivity index is 2.47. The zero-order valence-corrected chi connectivity index (χ0v) is 9.48. The molecule has 0 spiro atoms. The molecule has 1 atom stereocenters. The summed E-state index contributed by atoms with van der Waals surface area (Å²) in [5.41, 5.74) is -0.385. The molecule has 1 heterocycles. The van der Waals surface area contributed by atoms with Gasteiger partial charge in [0.1, 0.15) is 11.3 Å². The first-order valence-corrected chi connectivity index (χ1v) is 5.52. The molecule has 17 heavy (non-hydrogen) atoms. The molecule has 0 aromatic heterocycles. The normalized spacial score (nSPS) is 22.4. The van der Waals surface area contributed by atoms with Crippen molar-refractivity contribution in [1.82, 2.24) is 5.32 Å². The molecule has 0 aliphatic carbocycles. The molecule has 0 fully saturated rings. The lowest BCUT2D eigenvalue weighted by atomic mass is 9.84. The van der Waals surface area contributed by atoms with Crippen LogP contribution in [0.4, 0.5) is 0 Å². The van der Waals surface area contributed by atoms with Crippen LogP contribution in [0.1, 0.15) is 12.0 Å². The molecule has 2 rings (SSSR count). The monoisotopic (exact) mass is 233 g/mol. The van der Waals surface area contributed by atoms with Gasteiger partial charge in [0, 0.05) is 18.5 Å². The fourth-order valence-corrected chi connectivity index (χ4v) is 2.12. The van der Waals surface area contributed by atoms with Crippen LogP contribution in [0.15, 0.2) is 36.9 Å². The number of carboxylic acids is 1. The van der Waals surface area contributed by atoms with Crippen LogP contribution >= 0.6 is 0 Å². The summed E-state index contributed by atoms with van der Waals surface area (Å²) in [5, 5.41) is 12.6. The SMILES string of the molecule is C=CCNC1(C(=O)O)CCOc2ccccc21. The first kappa shape index (κ1) is 11.7. The highest BCUT2D eigenvalue weighted by Crippen LogP contribution is 2.36. The van der Waals surface area contributed by atoms with Crippen LogP contribution in [-0.4, -0.2) is 24.2 Å². The van der Waals surface area contributed by atoms with E-state index in [2.05, 4.69) is 11.9 Å². The minimum atomic E-state index is -1.07. The van der Waals surface area contributed by atoms with Crippen molar-refractivity contribution >= 4 is 5.97 Å². The van der Waals surface area contributed by atoms with Gasteiger partial charge in [-0.2, -0.15) is 0 Å². The highest BCUT2D eigenvalue weighted by atomic mass is 16.5. The number of aliphatic carboxylic acids is 1. The Kier molecular flexibility index (Phi) is 3.15. The van der Waals surface area contributed by atoms with Crippen LogP contribution in [-0.2, 0) is 10.3 Å². The van der Waals surface area contributed by atoms with Crippen LogP contribution in [0.2, 0.25) is 0 Å². The molecule has 1 aliphatic heterocycles. The summed E-state index contributed by atoms with van der Waals surface area (Å²) in [4.78, 5) is 11.6. The number of hydrogen-bond acceptors (Lipinski definition) is 3. The van der Waals surface area contributed by atoms with E-state index in [9.17, 15) is 9.90 Å². The second-order valence-electron chi connectivity index (χ2n) is 3.97. The Morgan fingerprint density at radius 2 is 2.35 bits per heavy atom. The van der Waals surface area contributed by atoms with Gasteiger partial charge in [-0.3, -0.25) is 5.32 Å². The Hall–Kier alpha value is -1.81. The molecule has 0 saturated carbocycles. The molecule has 1 aromatic rings. The molecule has 4 heteroatoms. The Morgan fingerprint density at radius 1 is 1.59 bits per heavy atom. The van der Waals surface area contributed by atoms with Crippen LogP contribution < -0.4 is 10.1 Å². The number of fused-ring (bicyclic) bond motifs is 1. The van der Waals surface area contributed by atoms with Crippen molar-refractivity contribution in [1.29, 1.82) is 0 Å². The molecule has 0 bridgehead atoms. The van der Waals surface area contributed by atoms with Crippen molar-refractivity contribution in [2.24, 2.45) is 0 Å². The van der Waals surface area contributed by atoms with Gasteiger partial charge in [0.25, 0.3) is 0 Å². The summed E-state index contributed by atoms with van der Waals surface area (Å²) in [6.07, 6.45) is 2.07. The maximum atomic E-state index is 11.6. The van der Waals surface area contributed by atoms with E-state index in [1.807, 2.05) is 12.1 Å². The van der Waals surface area contributed by atoms with E-state index >= 15 is 0 Å². The van der Waals surface area contributed by atoms with Crippen molar-refractivity contribution in [2.45, 2.75) is 12.0 Å². The second kappa shape index (κ2) is 4.59. The number of carbonyl (C=O) groups is 1. The lowest BCUT2D eigenvalue weighted by Crippen LogP contribution is -2.52. The molecule has 2 N–H and O–H groups in total. The minimum Gasteiger partial charge on any atom is -0.493 e. The largest absolute Gasteiger partial charge is 0.493 e. The zero-order chi connectivity index (χ0) is 12.3. The average Bonchev–Trinajstić information content (AvgIpc) is 2.36. The number of ether oxygens (including phenoxy) is 1. The topological polar surface area (TPSA) is 58.6 Å². The van der Waals surface area contributed by atoms with Crippen LogP contribution in [0.25, 0.3) is 0 Å². The molecule has 0 saturated heterocycles. The van der Waals surface area contributed by atoms with E-state index in [1.165, 1.54) is 0 Å². The van der Waals surface area contributed by atoms with Gasteiger partial charge in [0.05, 0.1) is 6.61 Å². The van der Waals surface area contributed by atoms with E-state index in [1.54, 1.807) is 18.2 Å². The van der Waals surface area contributed by atoms with E-state index in [-0.39, 0.29) is 0 Å². The van der Waals surface area contributed by atoms with Gasteiger partial charge in [0.2, 0.25) is 0 Å². The van der Waals surface area contributed by atoms with Gasteiger partial charge in [-0.15, -0.1) is 6.58 Å². The molecule has 4 nitrogen and oxygen atoms in total. The third kappa shape index (κ3) is 1.91. The second-order valence-corrected chi connectivity index (χ2v) is 3.97. The van der Waals surface area contributed by atoms with E-state index in [0.717, 1.165) is 0 Å². The van der Waals surface area contributed by atoms with Crippen LogP contribution in [0.5, 0.6) is 5.75 Å². The lowest BCUT2D eigenvalue weighted by molar-refractivity contribution is -0.146. The number of nitrogens with one attached hydrogen (secondary N) is 1. The Morgan fingerprint density at radius 3 is 3.06 bits per heavy atom. The first-order valence-electron chi connectivity index (χ1n) is 5.52. The molecule has 1 aromatic carbocycles. The zero-order valence-electron chi connectivity index (χ0n) is 9.48. The first-order chi connectivity index (χ1) is 8.20. The van der Waals surface area contributed by atoms with Crippen molar-refractivity contribution in [3.63, 3.8) is 0 Å². The molecule has 1 unspecified atom stereocenters. The summed E-state index contributed by atoms with van der Waals surface area (Å²) in [6, 6.07) is 7.24. The fourth-order valence-electron chi connectivity index (χ4n) is 2.12. The van der Waals surface area contributed by atoms with Gasteiger partial charge in [-0.1, -0.05) is 24.3 Å². The van der Waals surface area contributed by atoms with E-state index < -0.39 is 11.5 Å². The van der Waals surface area contributed by atoms with Crippen molar-refractivity contribution in [3.05, 3.63) is 42.5 Å². The number of benzene rings is 1. The lowest BCUT2D eigenvalue weighted by Gasteiger charge is -2.35. The van der Waals surface area contributed by atoms with E-state index in [4.69, 9.17) is 4.74 Å². The van der Waals surface area contributed by atoms with Gasteiger partial charge in [0.15, 0.2) is 0 Å². The number of rotatable bonds is 4. The predicted octanol–water partition coefficient (Wildman–Crippen LogP) is 1.52. The van der Waals surface area contributed by atoms with Crippen molar-refractivity contribution in [3.8, 4) is 5.75 Å². The summed E-state index contributed by atoms with van der Waals surface area (Å²) >= 11 is 0. The van der Waals surface area contributed by atoms with Crippen molar-refractivity contribution in [2.75, 3.05) is 13.2 Å². The molecule has 90 valence electrons. The Bertz CT molecular complexity index is 444. The standard InChI is InChI=1S/C13H15NO3/c1-2-8-14-13(12(15)16)7-9-17-11-6-4-3-5-10(11)13/h2-6,14H,1,7-9H2,(H,15,16). The van der Waals surface area contributed by atoms with Gasteiger partial charge < -0.3 is 9.84 Å². The molecular formula is C13H15NO3. The highest BCUT2D eigenvalue weighted by molar-refractivity contribution is 5.82. The molecule has 1 aliphatic rings. The molecular weight excluding hydrogens is 218 g/mol. The average molecular weight is 233 g/mol. The number of hydrogen-bond donors (Lipinski definition) is 2. The van der Waals surface area contributed by atoms with E-state index in [0.29, 0.717) is 30.9 Å². The summed E-state index contributed by atoms with van der Waals surface area (Å²) < 4.78 is 5.48. The highest BCUT2D eigenvalue weighted by Gasteiger charge is 2.44. The minimum absolute atomic E-state index is 0.396. The smallest absolute Gasteiger partial charge is 0.328 e. The van der Waals surface area contributed by atoms with Gasteiger partial charge in [-0.05, 0) is 6.07 Å². The maximum absolute atomic E-state index is 11.6. The third-order valence-electron chi connectivity index (χ3n) is 2.99. The van der Waals surface area contributed by atoms with Crippen LogP contribution in [0.3, 0.4) is 0 Å². The maximum Gasteiger partial charge on any atom is 0.328 e. The van der Waals surface area contributed by atoms with Gasteiger partial charge in [-0.25, -0.2) is 4.79 Å². The van der Waals surface area contributed by atoms with Gasteiger partial charge >= 0.3 is 5.97 Å². The Labute approximate surface area is 99.9 Å². The third-order valence-corrected chi connectivity index (χ3v) is 2.99. The van der Waals surface area contributed by atoms with Crippen LogP contribution in [0, 0.1) is 0 Å². The fraction of sp³-hybridized carbons (Fsp3) is 0.308. The van der Waals surface area contributed by atoms with Crippen molar-refractivity contribution < 1.29 is 14.6 Å².